The Morgan fingerprint density at radius 3 is 2.63 bits per heavy atom. The second-order valence-corrected chi connectivity index (χ2v) is 5.00. The average Bonchev–Trinajstić information content (AvgIpc) is 2.70. The average molecular weight is 269 g/mol. The zero-order valence-electron chi connectivity index (χ0n) is 11.7. The van der Waals surface area contributed by atoms with Gasteiger partial charge in [0.1, 0.15) is 17.9 Å². The second-order valence-electron chi connectivity index (χ2n) is 5.00. The first-order chi connectivity index (χ1) is 9.06. The molecule has 1 saturated heterocycles. The molecule has 1 aliphatic rings. The molecular weight excluding hydrogens is 246 g/mol. The van der Waals surface area contributed by atoms with Crippen molar-refractivity contribution in [1.82, 2.24) is 5.32 Å². The number of unbranched alkanes of at least 4 members (excludes halogenated alkanes) is 2. The number of cyclic esters (lactones) is 1. The molecule has 1 fully saturated rings. The van der Waals surface area contributed by atoms with Crippen LogP contribution in [0, 0.1) is 0 Å². The third kappa shape index (κ3) is 5.41. The van der Waals surface area contributed by atoms with Crippen LogP contribution >= 0.6 is 0 Å². The summed E-state index contributed by atoms with van der Waals surface area (Å²) in [5.74, 6) is -0.830. The van der Waals surface area contributed by atoms with Gasteiger partial charge in [0.15, 0.2) is 0 Å². The van der Waals surface area contributed by atoms with Crippen molar-refractivity contribution < 1.29 is 19.1 Å². The molecule has 0 spiro atoms. The Hall–Kier alpha value is -1.39. The normalized spacial score (nSPS) is 22.1. The van der Waals surface area contributed by atoms with Crippen molar-refractivity contribution in [2.24, 2.45) is 0 Å². The molecule has 0 aromatic carbocycles. The predicted molar refractivity (Wildman–Crippen MR) is 70.5 cm³/mol. The third-order valence-electron chi connectivity index (χ3n) is 3.27. The van der Waals surface area contributed by atoms with Crippen LogP contribution in [0.5, 0.6) is 0 Å². The number of carbonyl (C=O) groups excluding carboxylic acids is 3. The van der Waals surface area contributed by atoms with Crippen molar-refractivity contribution in [3.8, 4) is 0 Å². The number of hydrogen-bond acceptors (Lipinski definition) is 4. The number of rotatable bonds is 8. The summed E-state index contributed by atoms with van der Waals surface area (Å²) >= 11 is 0. The van der Waals surface area contributed by atoms with Crippen LogP contribution in [0.15, 0.2) is 0 Å². The maximum Gasteiger partial charge on any atom is 0.329 e. The minimum absolute atomic E-state index is 0.0654. The highest BCUT2D eigenvalue weighted by molar-refractivity contribution is 5.99. The number of carbonyl (C=O) groups is 3. The SMILES string of the molecule is CCCCCC(=O)CC(=O)N[C@@H]1C[C@H](CC)OC1=O. The van der Waals surface area contributed by atoms with Crippen molar-refractivity contribution >= 4 is 17.7 Å². The van der Waals surface area contributed by atoms with E-state index in [1.807, 2.05) is 6.92 Å². The number of esters is 1. The highest BCUT2D eigenvalue weighted by Gasteiger charge is 2.34. The number of amides is 1. The van der Waals surface area contributed by atoms with Gasteiger partial charge in [-0.3, -0.25) is 9.59 Å². The van der Waals surface area contributed by atoms with Gasteiger partial charge in [-0.2, -0.15) is 0 Å². The lowest BCUT2D eigenvalue weighted by molar-refractivity contribution is -0.144. The van der Waals surface area contributed by atoms with Crippen molar-refractivity contribution in [2.45, 2.75) is 70.9 Å². The summed E-state index contributed by atoms with van der Waals surface area (Å²) in [6.45, 7) is 3.99. The van der Waals surface area contributed by atoms with Gasteiger partial charge in [-0.05, 0) is 12.8 Å². The van der Waals surface area contributed by atoms with Crippen LogP contribution in [-0.4, -0.2) is 29.8 Å². The Kier molecular flexibility index (Phi) is 6.53. The van der Waals surface area contributed by atoms with Gasteiger partial charge < -0.3 is 10.1 Å². The number of nitrogens with one attached hydrogen (secondary N) is 1. The van der Waals surface area contributed by atoms with Gasteiger partial charge in [0.2, 0.25) is 5.91 Å². The standard InChI is InChI=1S/C14H23NO4/c1-3-5-6-7-10(16)8-13(17)15-12-9-11(4-2)19-14(12)18/h11-12H,3-9H2,1-2H3,(H,15,17)/t11-,12+/m0/s1. The van der Waals surface area contributed by atoms with E-state index in [2.05, 4.69) is 12.2 Å². The Balaban J connectivity index is 2.27. The molecule has 5 heteroatoms. The highest BCUT2D eigenvalue weighted by atomic mass is 16.6. The molecular formula is C14H23NO4. The molecule has 2 atom stereocenters. The van der Waals surface area contributed by atoms with E-state index in [0.717, 1.165) is 25.7 Å². The topological polar surface area (TPSA) is 72.5 Å². The van der Waals surface area contributed by atoms with Crippen molar-refractivity contribution in [2.75, 3.05) is 0 Å². The summed E-state index contributed by atoms with van der Waals surface area (Å²) in [5, 5.41) is 2.58. The lowest BCUT2D eigenvalue weighted by Gasteiger charge is -2.08. The summed E-state index contributed by atoms with van der Waals surface area (Å²) in [7, 11) is 0. The van der Waals surface area contributed by atoms with E-state index in [4.69, 9.17) is 4.74 Å². The zero-order valence-corrected chi connectivity index (χ0v) is 11.7. The summed E-state index contributed by atoms with van der Waals surface area (Å²) in [5.41, 5.74) is 0. The van der Waals surface area contributed by atoms with Crippen LogP contribution in [0.1, 0.15) is 58.8 Å². The monoisotopic (exact) mass is 269 g/mol. The number of ether oxygens (including phenoxy) is 1. The molecule has 0 aromatic heterocycles. The fraction of sp³-hybridized carbons (Fsp3) is 0.786. The van der Waals surface area contributed by atoms with Crippen LogP contribution in [0.2, 0.25) is 0 Å². The first-order valence-electron chi connectivity index (χ1n) is 7.08. The van der Waals surface area contributed by atoms with E-state index in [9.17, 15) is 14.4 Å². The van der Waals surface area contributed by atoms with Gasteiger partial charge in [-0.15, -0.1) is 0 Å². The van der Waals surface area contributed by atoms with E-state index in [1.54, 1.807) is 0 Å². The maximum atomic E-state index is 11.6. The first-order valence-corrected chi connectivity index (χ1v) is 7.08. The molecule has 0 aliphatic carbocycles. The second kappa shape index (κ2) is 7.92. The quantitative estimate of drug-likeness (QED) is 0.414. The van der Waals surface area contributed by atoms with Gasteiger partial charge in [0.05, 0.1) is 6.42 Å². The van der Waals surface area contributed by atoms with Crippen molar-refractivity contribution in [3.05, 3.63) is 0 Å². The lowest BCUT2D eigenvalue weighted by atomic mass is 10.1. The molecule has 1 aliphatic heterocycles. The van der Waals surface area contributed by atoms with E-state index in [0.29, 0.717) is 12.8 Å². The summed E-state index contributed by atoms with van der Waals surface area (Å²) < 4.78 is 5.07. The Morgan fingerprint density at radius 2 is 2.05 bits per heavy atom. The molecule has 0 unspecified atom stereocenters. The van der Waals surface area contributed by atoms with Gasteiger partial charge >= 0.3 is 5.97 Å². The zero-order chi connectivity index (χ0) is 14.3. The molecule has 1 heterocycles. The number of hydrogen-bond donors (Lipinski definition) is 1. The number of ketones is 1. The van der Waals surface area contributed by atoms with E-state index < -0.39 is 12.0 Å². The van der Waals surface area contributed by atoms with E-state index in [-0.39, 0.29) is 24.2 Å². The largest absolute Gasteiger partial charge is 0.461 e. The van der Waals surface area contributed by atoms with Crippen LogP contribution in [-0.2, 0) is 19.1 Å². The molecule has 1 rings (SSSR count). The molecule has 0 saturated carbocycles. The molecule has 0 aromatic rings. The van der Waals surface area contributed by atoms with E-state index in [1.165, 1.54) is 0 Å². The van der Waals surface area contributed by atoms with Crippen LogP contribution in [0.4, 0.5) is 0 Å². The fourth-order valence-electron chi connectivity index (χ4n) is 2.11. The van der Waals surface area contributed by atoms with Crippen molar-refractivity contribution in [3.63, 3.8) is 0 Å². The molecule has 1 N–H and O–H groups in total. The Bertz CT molecular complexity index is 340. The smallest absolute Gasteiger partial charge is 0.329 e. The van der Waals surface area contributed by atoms with Crippen molar-refractivity contribution in [1.29, 1.82) is 0 Å². The maximum absolute atomic E-state index is 11.6. The predicted octanol–water partition coefficient (Wildman–Crippen LogP) is 1.74. The molecule has 5 nitrogen and oxygen atoms in total. The molecule has 19 heavy (non-hydrogen) atoms. The Labute approximate surface area is 114 Å². The fourth-order valence-corrected chi connectivity index (χ4v) is 2.11. The summed E-state index contributed by atoms with van der Waals surface area (Å²) in [6.07, 6.45) is 4.31. The first kappa shape index (κ1) is 15.7. The van der Waals surface area contributed by atoms with Gasteiger partial charge in [-0.1, -0.05) is 26.7 Å². The minimum atomic E-state index is -0.583. The van der Waals surface area contributed by atoms with Gasteiger partial charge in [0, 0.05) is 12.8 Å². The Morgan fingerprint density at radius 1 is 1.32 bits per heavy atom. The van der Waals surface area contributed by atoms with Crippen LogP contribution < -0.4 is 5.32 Å². The number of Topliss-reactive ketones (excluding diaryl/α,β-unsaturated/α-hetero) is 1. The highest BCUT2D eigenvalue weighted by Crippen LogP contribution is 2.17. The van der Waals surface area contributed by atoms with E-state index >= 15 is 0 Å². The molecule has 1 amide bonds. The minimum Gasteiger partial charge on any atom is -0.461 e. The van der Waals surface area contributed by atoms with Crippen LogP contribution in [0.25, 0.3) is 0 Å². The summed E-state index contributed by atoms with van der Waals surface area (Å²) in [4.78, 5) is 34.6. The summed E-state index contributed by atoms with van der Waals surface area (Å²) in [6, 6.07) is -0.583. The molecule has 108 valence electrons. The molecule has 0 bridgehead atoms. The van der Waals surface area contributed by atoms with Crippen LogP contribution in [0.3, 0.4) is 0 Å². The van der Waals surface area contributed by atoms with Gasteiger partial charge in [0.25, 0.3) is 0 Å². The third-order valence-corrected chi connectivity index (χ3v) is 3.27. The van der Waals surface area contributed by atoms with Gasteiger partial charge in [-0.25, -0.2) is 4.79 Å². The lowest BCUT2D eigenvalue weighted by Crippen LogP contribution is -2.38. The molecule has 0 radical (unpaired) electrons.